The molecule has 3 N–H and O–H groups in total. The van der Waals surface area contributed by atoms with Crippen molar-refractivity contribution in [1.29, 1.82) is 0 Å². The number of nitrogens with zero attached hydrogens (tertiary/aromatic N) is 5. The zero-order chi connectivity index (χ0) is 19.9. The topological polar surface area (TPSA) is 108 Å². The first-order valence-corrected chi connectivity index (χ1v) is 9.85. The van der Waals surface area contributed by atoms with Crippen molar-refractivity contribution in [3.8, 4) is 22.6 Å². The summed E-state index contributed by atoms with van der Waals surface area (Å²) in [5, 5.41) is 11.9. The van der Waals surface area contributed by atoms with Crippen LogP contribution < -0.4 is 5.32 Å². The maximum Gasteiger partial charge on any atom is 0.159 e. The zero-order valence-electron chi connectivity index (χ0n) is 16.1. The number of nitrogens with one attached hydrogen (secondary N) is 3. The van der Waals surface area contributed by atoms with Crippen molar-refractivity contribution >= 4 is 27.5 Å². The predicted octanol–water partition coefficient (Wildman–Crippen LogP) is 3.33. The first-order chi connectivity index (χ1) is 14.9. The molecule has 0 atom stereocenters. The third-order valence-corrected chi connectivity index (χ3v) is 5.45. The number of fused-ring (bicyclic) bond motifs is 2. The van der Waals surface area contributed by atoms with Gasteiger partial charge in [0, 0.05) is 36.1 Å². The van der Waals surface area contributed by atoms with Gasteiger partial charge in [-0.3, -0.25) is 20.1 Å². The van der Waals surface area contributed by atoms with Crippen LogP contribution in [-0.4, -0.2) is 48.2 Å². The zero-order valence-corrected chi connectivity index (χ0v) is 16.1. The number of H-pyrrole nitrogens is 2. The number of aromatic amines is 2. The molecule has 0 unspecified atom stereocenters. The molecule has 0 saturated carbocycles. The van der Waals surface area contributed by atoms with Crippen LogP contribution in [0.4, 0.5) is 0 Å². The Balaban J connectivity index is 1.50. The molecule has 1 aliphatic rings. The van der Waals surface area contributed by atoms with E-state index in [4.69, 9.17) is 4.98 Å². The second kappa shape index (κ2) is 6.85. The fraction of sp³-hybridized carbons (Fsp3) is 0.136. The third-order valence-electron chi connectivity index (χ3n) is 5.45. The van der Waals surface area contributed by atoms with Crippen LogP contribution in [0.15, 0.2) is 55.3 Å². The SMILES string of the molecule is C1=C(c2cc3c(-c4nc5c(-c6ccncc6)cncc5[nH]4)n[nH]c3cn2)CCNC1. The molecule has 1 aliphatic heterocycles. The molecule has 5 aromatic heterocycles. The number of pyridine rings is 3. The van der Waals surface area contributed by atoms with Gasteiger partial charge < -0.3 is 10.3 Å². The molecule has 0 fully saturated rings. The standard InChI is InChI=1S/C22H18N8/c1-5-23-6-2-13(1)16-10-25-11-19-20(16)28-22(27-19)21-15-9-17(14-3-7-24-8-4-14)26-12-18(15)29-30-21/h1-3,5-6,9-12,24H,4,7-8H2,(H,27,28)(H,29,30). The van der Waals surface area contributed by atoms with E-state index in [2.05, 4.69) is 47.6 Å². The average molecular weight is 394 g/mol. The number of hydrogen-bond acceptors (Lipinski definition) is 6. The van der Waals surface area contributed by atoms with Gasteiger partial charge in [-0.2, -0.15) is 5.10 Å². The van der Waals surface area contributed by atoms with Gasteiger partial charge in [-0.05, 0) is 42.3 Å². The van der Waals surface area contributed by atoms with E-state index >= 15 is 0 Å². The largest absolute Gasteiger partial charge is 0.335 e. The van der Waals surface area contributed by atoms with Gasteiger partial charge in [0.15, 0.2) is 5.82 Å². The molecule has 5 aromatic rings. The summed E-state index contributed by atoms with van der Waals surface area (Å²) in [5.74, 6) is 0.705. The van der Waals surface area contributed by atoms with Crippen molar-refractivity contribution in [2.75, 3.05) is 13.1 Å². The smallest absolute Gasteiger partial charge is 0.159 e. The van der Waals surface area contributed by atoms with E-state index in [0.29, 0.717) is 5.82 Å². The maximum absolute atomic E-state index is 4.88. The fourth-order valence-electron chi connectivity index (χ4n) is 3.92. The minimum atomic E-state index is 0.705. The molecule has 0 aliphatic carbocycles. The number of aromatic nitrogens is 7. The molecule has 0 bridgehead atoms. The van der Waals surface area contributed by atoms with Gasteiger partial charge in [0.05, 0.1) is 34.6 Å². The molecule has 0 aromatic carbocycles. The summed E-state index contributed by atoms with van der Waals surface area (Å²) in [6.45, 7) is 1.85. The highest BCUT2D eigenvalue weighted by atomic mass is 15.1. The van der Waals surface area contributed by atoms with E-state index in [1.165, 1.54) is 5.57 Å². The average Bonchev–Trinajstić information content (AvgIpc) is 3.43. The van der Waals surface area contributed by atoms with Crippen LogP contribution in [0.25, 0.3) is 50.2 Å². The molecule has 8 nitrogen and oxygen atoms in total. The lowest BCUT2D eigenvalue weighted by atomic mass is 10.0. The minimum Gasteiger partial charge on any atom is -0.335 e. The second-order valence-electron chi connectivity index (χ2n) is 7.28. The number of rotatable bonds is 3. The van der Waals surface area contributed by atoms with Crippen molar-refractivity contribution in [2.24, 2.45) is 0 Å². The molecule has 6 rings (SSSR count). The normalized spacial score (nSPS) is 14.3. The Morgan fingerprint density at radius 1 is 0.967 bits per heavy atom. The van der Waals surface area contributed by atoms with E-state index in [1.54, 1.807) is 18.6 Å². The Bertz CT molecular complexity index is 1400. The Morgan fingerprint density at radius 3 is 2.77 bits per heavy atom. The lowest BCUT2D eigenvalue weighted by Gasteiger charge is -2.13. The monoisotopic (exact) mass is 394 g/mol. The van der Waals surface area contributed by atoms with Gasteiger partial charge in [-0.25, -0.2) is 4.98 Å². The first-order valence-electron chi connectivity index (χ1n) is 9.85. The Kier molecular flexibility index (Phi) is 3.88. The molecular weight excluding hydrogens is 376 g/mol. The highest BCUT2D eigenvalue weighted by Gasteiger charge is 2.17. The van der Waals surface area contributed by atoms with Crippen LogP contribution in [0, 0.1) is 0 Å². The summed E-state index contributed by atoms with van der Waals surface area (Å²) < 4.78 is 0. The Morgan fingerprint density at radius 2 is 1.90 bits per heavy atom. The fourth-order valence-corrected chi connectivity index (χ4v) is 3.92. The van der Waals surface area contributed by atoms with Crippen molar-refractivity contribution in [3.63, 3.8) is 0 Å². The number of hydrogen-bond donors (Lipinski definition) is 3. The van der Waals surface area contributed by atoms with E-state index in [0.717, 1.165) is 64.0 Å². The lowest BCUT2D eigenvalue weighted by molar-refractivity contribution is 0.737. The summed E-state index contributed by atoms with van der Waals surface area (Å²) in [7, 11) is 0. The Hall–Kier alpha value is -3.91. The van der Waals surface area contributed by atoms with Crippen LogP contribution in [0.2, 0.25) is 0 Å². The van der Waals surface area contributed by atoms with Gasteiger partial charge in [-0.15, -0.1) is 0 Å². The van der Waals surface area contributed by atoms with E-state index in [1.807, 2.05) is 24.5 Å². The van der Waals surface area contributed by atoms with Gasteiger partial charge >= 0.3 is 0 Å². The summed E-state index contributed by atoms with van der Waals surface area (Å²) in [6.07, 6.45) is 12.2. The second-order valence-corrected chi connectivity index (χ2v) is 7.28. The molecule has 6 heterocycles. The quantitative estimate of drug-likeness (QED) is 0.433. The molecule has 146 valence electrons. The summed E-state index contributed by atoms with van der Waals surface area (Å²) in [6, 6.07) is 6.01. The summed E-state index contributed by atoms with van der Waals surface area (Å²) >= 11 is 0. The van der Waals surface area contributed by atoms with Crippen molar-refractivity contribution in [2.45, 2.75) is 6.42 Å². The lowest BCUT2D eigenvalue weighted by Crippen LogP contribution is -2.20. The predicted molar refractivity (Wildman–Crippen MR) is 115 cm³/mol. The van der Waals surface area contributed by atoms with Gasteiger partial charge in [0.2, 0.25) is 0 Å². The molecule has 0 saturated heterocycles. The maximum atomic E-state index is 4.88. The van der Waals surface area contributed by atoms with Crippen LogP contribution in [0.1, 0.15) is 12.1 Å². The van der Waals surface area contributed by atoms with Crippen LogP contribution >= 0.6 is 0 Å². The summed E-state index contributed by atoms with van der Waals surface area (Å²) in [4.78, 5) is 21.4. The van der Waals surface area contributed by atoms with Crippen molar-refractivity contribution < 1.29 is 0 Å². The Labute approximate surface area is 171 Å². The molecule has 0 amide bonds. The van der Waals surface area contributed by atoms with Gasteiger partial charge in [0.1, 0.15) is 5.69 Å². The van der Waals surface area contributed by atoms with Gasteiger partial charge in [-0.1, -0.05) is 6.08 Å². The highest BCUT2D eigenvalue weighted by molar-refractivity contribution is 5.97. The van der Waals surface area contributed by atoms with E-state index in [-0.39, 0.29) is 0 Å². The van der Waals surface area contributed by atoms with E-state index in [9.17, 15) is 0 Å². The molecule has 8 heteroatoms. The first kappa shape index (κ1) is 17.0. The molecule has 0 spiro atoms. The van der Waals surface area contributed by atoms with Crippen molar-refractivity contribution in [3.05, 3.63) is 61.0 Å². The third kappa shape index (κ3) is 2.77. The van der Waals surface area contributed by atoms with Crippen LogP contribution in [-0.2, 0) is 0 Å². The van der Waals surface area contributed by atoms with Crippen molar-refractivity contribution in [1.82, 2.24) is 40.4 Å². The minimum absolute atomic E-state index is 0.705. The van der Waals surface area contributed by atoms with Gasteiger partial charge in [0.25, 0.3) is 0 Å². The molecular formula is C22H18N8. The highest BCUT2D eigenvalue weighted by Crippen LogP contribution is 2.31. The van der Waals surface area contributed by atoms with Crippen LogP contribution in [0.5, 0.6) is 0 Å². The van der Waals surface area contributed by atoms with Crippen LogP contribution in [0.3, 0.4) is 0 Å². The summed E-state index contributed by atoms with van der Waals surface area (Å²) in [5.41, 5.74) is 7.62. The molecule has 0 radical (unpaired) electrons. The van der Waals surface area contributed by atoms with E-state index < -0.39 is 0 Å². The molecule has 30 heavy (non-hydrogen) atoms. The number of imidazole rings is 1.